The molecule has 7 nitrogen and oxygen atoms in total. The molecule has 0 spiro atoms. The second kappa shape index (κ2) is 12.0. The Morgan fingerprint density at radius 1 is 0.903 bits per heavy atom. The number of ketones is 2. The Balaban J connectivity index is 2.09. The van der Waals surface area contributed by atoms with E-state index in [0.717, 1.165) is 19.3 Å². The molecule has 0 fully saturated rings. The summed E-state index contributed by atoms with van der Waals surface area (Å²) in [5.41, 5.74) is 1.02. The van der Waals surface area contributed by atoms with Crippen molar-refractivity contribution >= 4 is 23.2 Å². The van der Waals surface area contributed by atoms with Gasteiger partial charge < -0.3 is 14.3 Å². The van der Waals surface area contributed by atoms with Gasteiger partial charge in [-0.2, -0.15) is 0 Å². The Hall–Kier alpha value is -2.96. The second-order valence-corrected chi connectivity index (χ2v) is 7.48. The van der Waals surface area contributed by atoms with Crippen molar-refractivity contribution in [3.63, 3.8) is 0 Å². The van der Waals surface area contributed by atoms with Crippen molar-refractivity contribution in [1.29, 1.82) is 0 Å². The van der Waals surface area contributed by atoms with Gasteiger partial charge in [-0.25, -0.2) is 4.79 Å². The predicted molar refractivity (Wildman–Crippen MR) is 118 cm³/mol. The van der Waals surface area contributed by atoms with Crippen molar-refractivity contribution in [3.05, 3.63) is 34.9 Å². The molecule has 0 radical (unpaired) electrons. The van der Waals surface area contributed by atoms with E-state index in [0.29, 0.717) is 17.7 Å². The van der Waals surface area contributed by atoms with E-state index in [2.05, 4.69) is 12.1 Å². The van der Waals surface area contributed by atoms with Crippen molar-refractivity contribution in [2.24, 2.45) is 5.16 Å². The third-order valence-corrected chi connectivity index (χ3v) is 5.21. The Bertz CT molecular complexity index is 885. The number of unbranched alkanes of at least 4 members (excludes halogenated alkanes) is 6. The topological polar surface area (TPSA) is 91.3 Å². The molecule has 31 heavy (non-hydrogen) atoms. The van der Waals surface area contributed by atoms with Crippen LogP contribution in [0.3, 0.4) is 0 Å². The van der Waals surface area contributed by atoms with E-state index in [9.17, 15) is 14.4 Å². The summed E-state index contributed by atoms with van der Waals surface area (Å²) in [6.45, 7) is 3.82. The molecule has 2 rings (SSSR count). The number of benzene rings is 1. The van der Waals surface area contributed by atoms with Crippen molar-refractivity contribution in [2.75, 3.05) is 14.2 Å². The summed E-state index contributed by atoms with van der Waals surface area (Å²) in [6.07, 6.45) is 10.5. The maximum absolute atomic E-state index is 12.4. The van der Waals surface area contributed by atoms with Crippen LogP contribution in [0.5, 0.6) is 11.5 Å². The van der Waals surface area contributed by atoms with Crippen molar-refractivity contribution in [1.82, 2.24) is 0 Å². The maximum Gasteiger partial charge on any atom is 0.335 e. The number of hydrogen-bond acceptors (Lipinski definition) is 7. The summed E-state index contributed by atoms with van der Waals surface area (Å²) in [7, 11) is 2.82. The first-order chi connectivity index (χ1) is 14.9. The lowest BCUT2D eigenvalue weighted by molar-refractivity contribution is -0.143. The molecule has 0 bridgehead atoms. The molecule has 0 amide bonds. The summed E-state index contributed by atoms with van der Waals surface area (Å²) >= 11 is 0. The van der Waals surface area contributed by atoms with E-state index in [4.69, 9.17) is 14.3 Å². The fourth-order valence-electron chi connectivity index (χ4n) is 3.52. The minimum atomic E-state index is -0.411. The molecular weight excluding hydrogens is 398 g/mol. The zero-order valence-electron chi connectivity index (χ0n) is 18.8. The first-order valence-corrected chi connectivity index (χ1v) is 10.7. The van der Waals surface area contributed by atoms with E-state index in [1.165, 1.54) is 52.1 Å². The van der Waals surface area contributed by atoms with Crippen molar-refractivity contribution in [2.45, 2.75) is 65.2 Å². The van der Waals surface area contributed by atoms with Crippen LogP contribution in [0.1, 0.15) is 91.5 Å². The molecular formula is C24H31NO6. The van der Waals surface area contributed by atoms with E-state index in [-0.39, 0.29) is 34.2 Å². The molecule has 1 aliphatic carbocycles. The van der Waals surface area contributed by atoms with Crippen molar-refractivity contribution in [3.8, 4) is 11.5 Å². The summed E-state index contributed by atoms with van der Waals surface area (Å²) in [5, 5.41) is 3.93. The monoisotopic (exact) mass is 429 g/mol. The number of allylic oxidation sites excluding steroid dienone is 2. The minimum absolute atomic E-state index is 0.119. The highest BCUT2D eigenvalue weighted by molar-refractivity contribution is 6.25. The minimum Gasteiger partial charge on any atom is -0.496 e. The van der Waals surface area contributed by atoms with Gasteiger partial charge in [0.25, 0.3) is 0 Å². The number of carbonyl (C=O) groups excluding carboxylic acids is 3. The number of rotatable bonds is 12. The highest BCUT2D eigenvalue weighted by Gasteiger charge is 2.30. The molecule has 168 valence electrons. The average molecular weight is 430 g/mol. The lowest BCUT2D eigenvalue weighted by atomic mass is 9.89. The van der Waals surface area contributed by atoms with Crippen molar-refractivity contribution < 1.29 is 28.7 Å². The van der Waals surface area contributed by atoms with Gasteiger partial charge in [-0.1, -0.05) is 50.6 Å². The van der Waals surface area contributed by atoms with E-state index in [1.807, 2.05) is 0 Å². The van der Waals surface area contributed by atoms with Gasteiger partial charge >= 0.3 is 5.97 Å². The summed E-state index contributed by atoms with van der Waals surface area (Å²) in [4.78, 5) is 41.8. The molecule has 1 aromatic carbocycles. The number of carbonyl (C=O) groups is 3. The number of oxime groups is 1. The summed E-state index contributed by atoms with van der Waals surface area (Å²) in [6, 6.07) is 1.56. The number of fused-ring (bicyclic) bond motifs is 1. The second-order valence-electron chi connectivity index (χ2n) is 7.48. The van der Waals surface area contributed by atoms with Gasteiger partial charge in [0.15, 0.2) is 11.6 Å². The lowest BCUT2D eigenvalue weighted by Gasteiger charge is -2.19. The molecule has 1 aromatic rings. The van der Waals surface area contributed by atoms with Gasteiger partial charge in [0.05, 0.1) is 31.1 Å². The normalized spacial score (nSPS) is 13.2. The number of methoxy groups -OCH3 is 2. The van der Waals surface area contributed by atoms with E-state index >= 15 is 0 Å². The van der Waals surface area contributed by atoms with Gasteiger partial charge in [-0.05, 0) is 31.6 Å². The zero-order valence-corrected chi connectivity index (χ0v) is 18.8. The average Bonchev–Trinajstić information content (AvgIpc) is 2.77. The van der Waals surface area contributed by atoms with Crippen LogP contribution in [-0.2, 0) is 9.63 Å². The SMILES string of the molecule is CCCCCCCCCC(=O)ON=C(C)c1cc(OC)c2c(c1OC)C(=O)C=CC2=O. The molecule has 0 unspecified atom stereocenters. The van der Waals surface area contributed by atoms with E-state index < -0.39 is 5.97 Å². The number of nitrogens with zero attached hydrogens (tertiary/aromatic N) is 1. The van der Waals surface area contributed by atoms with Crippen LogP contribution in [0.15, 0.2) is 23.4 Å². The van der Waals surface area contributed by atoms with E-state index in [1.54, 1.807) is 13.0 Å². The van der Waals surface area contributed by atoms with Crippen LogP contribution in [0.4, 0.5) is 0 Å². The first kappa shape index (κ1) is 24.3. The molecule has 0 saturated carbocycles. The van der Waals surface area contributed by atoms with Crippen LogP contribution in [0, 0.1) is 0 Å². The molecule has 1 aliphatic rings. The molecule has 0 saturated heterocycles. The highest BCUT2D eigenvalue weighted by atomic mass is 16.7. The van der Waals surface area contributed by atoms with Gasteiger partial charge in [0.1, 0.15) is 11.5 Å². The van der Waals surface area contributed by atoms with Gasteiger partial charge in [-0.3, -0.25) is 9.59 Å². The zero-order chi connectivity index (χ0) is 22.8. The van der Waals surface area contributed by atoms with Gasteiger partial charge in [0.2, 0.25) is 0 Å². The fourth-order valence-corrected chi connectivity index (χ4v) is 3.52. The van der Waals surface area contributed by atoms with Crippen LogP contribution in [0.25, 0.3) is 0 Å². The van der Waals surface area contributed by atoms with Gasteiger partial charge in [0, 0.05) is 12.0 Å². The molecule has 0 aliphatic heterocycles. The molecule has 0 aromatic heterocycles. The van der Waals surface area contributed by atoms with Crippen LogP contribution in [0.2, 0.25) is 0 Å². The molecule has 7 heteroatoms. The Labute approximate surface area is 183 Å². The van der Waals surface area contributed by atoms with Crippen LogP contribution in [-0.4, -0.2) is 37.5 Å². The number of hydrogen-bond donors (Lipinski definition) is 0. The van der Waals surface area contributed by atoms with Crippen LogP contribution >= 0.6 is 0 Å². The molecule has 0 heterocycles. The summed E-state index contributed by atoms with van der Waals surface area (Å²) in [5.74, 6) is -0.686. The molecule has 0 N–H and O–H groups in total. The largest absolute Gasteiger partial charge is 0.496 e. The third kappa shape index (κ3) is 6.26. The Kier molecular flexibility index (Phi) is 9.43. The van der Waals surface area contributed by atoms with Crippen LogP contribution < -0.4 is 9.47 Å². The Morgan fingerprint density at radius 3 is 2.13 bits per heavy atom. The predicted octanol–water partition coefficient (Wildman–Crippen LogP) is 5.05. The first-order valence-electron chi connectivity index (χ1n) is 10.7. The lowest BCUT2D eigenvalue weighted by Crippen LogP contribution is -2.17. The fraction of sp³-hybridized carbons (Fsp3) is 0.500. The summed E-state index contributed by atoms with van der Waals surface area (Å²) < 4.78 is 10.7. The molecule has 0 atom stereocenters. The maximum atomic E-state index is 12.4. The standard InChI is InChI=1S/C24H31NO6/c1-5-6-7-8-9-10-11-12-21(28)31-25-16(2)17-15-20(29-3)22-18(26)13-14-19(27)23(22)24(17)30-4/h13-15H,5-12H2,1-4H3. The quantitative estimate of drug-likeness (QED) is 0.200. The third-order valence-electron chi connectivity index (χ3n) is 5.21. The highest BCUT2D eigenvalue weighted by Crippen LogP contribution is 2.37. The van der Waals surface area contributed by atoms with Gasteiger partial charge in [-0.15, -0.1) is 0 Å². The number of ether oxygens (including phenoxy) is 2. The Morgan fingerprint density at radius 2 is 1.52 bits per heavy atom. The smallest absolute Gasteiger partial charge is 0.335 e.